The quantitative estimate of drug-likeness (QED) is 0.870. The lowest BCUT2D eigenvalue weighted by Gasteiger charge is -2.16. The van der Waals surface area contributed by atoms with E-state index in [1.165, 1.54) is 4.90 Å². The zero-order valence-corrected chi connectivity index (χ0v) is 12.7. The molecule has 1 aliphatic rings. The summed E-state index contributed by atoms with van der Waals surface area (Å²) in [6.07, 6.45) is 0.170. The first-order chi connectivity index (χ1) is 10.1. The van der Waals surface area contributed by atoms with Crippen LogP contribution in [0.25, 0.3) is 0 Å². The molecular weight excluding hydrogens is 332 g/mol. The molecule has 0 bridgehead atoms. The van der Waals surface area contributed by atoms with E-state index in [0.29, 0.717) is 5.69 Å². The molecule has 1 atom stereocenters. The number of imide groups is 1. The van der Waals surface area contributed by atoms with Gasteiger partial charge in [0, 0.05) is 10.2 Å². The lowest BCUT2D eigenvalue weighted by atomic mass is 10.2. The van der Waals surface area contributed by atoms with Crippen molar-refractivity contribution in [1.29, 1.82) is 0 Å². The zero-order chi connectivity index (χ0) is 14.8. The smallest absolute Gasteiger partial charge is 0.256 e. The van der Waals surface area contributed by atoms with E-state index >= 15 is 0 Å². The highest BCUT2D eigenvalue weighted by molar-refractivity contribution is 9.10. The van der Waals surface area contributed by atoms with Gasteiger partial charge in [-0.2, -0.15) is 0 Å². The second-order valence-corrected chi connectivity index (χ2v) is 5.73. The van der Waals surface area contributed by atoms with Gasteiger partial charge in [-0.15, -0.1) is 0 Å². The number of halogens is 1. The molecular formula is C16H13BrN2O2. The Hall–Kier alpha value is -2.14. The topological polar surface area (TPSA) is 49.4 Å². The first-order valence-electron chi connectivity index (χ1n) is 6.59. The molecule has 1 N–H and O–H groups in total. The number of nitrogens with one attached hydrogen (secondary N) is 1. The van der Waals surface area contributed by atoms with Crippen LogP contribution in [0.15, 0.2) is 59.1 Å². The Morgan fingerprint density at radius 1 is 1.00 bits per heavy atom. The minimum atomic E-state index is -0.515. The lowest BCUT2D eigenvalue weighted by Crippen LogP contribution is -2.34. The van der Waals surface area contributed by atoms with E-state index in [-0.39, 0.29) is 18.2 Å². The molecule has 2 aromatic rings. The Kier molecular flexibility index (Phi) is 3.75. The number of hydrogen-bond acceptors (Lipinski definition) is 3. The van der Waals surface area contributed by atoms with E-state index in [2.05, 4.69) is 21.2 Å². The number of carbonyl (C=O) groups excluding carboxylic acids is 2. The van der Waals surface area contributed by atoms with Gasteiger partial charge >= 0.3 is 0 Å². The summed E-state index contributed by atoms with van der Waals surface area (Å²) in [5, 5.41) is 3.12. The molecule has 0 radical (unpaired) electrons. The van der Waals surface area contributed by atoms with Gasteiger partial charge in [-0.1, -0.05) is 34.1 Å². The van der Waals surface area contributed by atoms with Crippen LogP contribution in [0.4, 0.5) is 11.4 Å². The fourth-order valence-corrected chi connectivity index (χ4v) is 2.60. The Labute approximate surface area is 130 Å². The minimum Gasteiger partial charge on any atom is -0.373 e. The third kappa shape index (κ3) is 2.83. The molecule has 0 aromatic heterocycles. The van der Waals surface area contributed by atoms with E-state index in [9.17, 15) is 9.59 Å². The van der Waals surface area contributed by atoms with Crippen molar-refractivity contribution in [3.8, 4) is 0 Å². The number of amides is 2. The first kappa shape index (κ1) is 13.8. The molecule has 21 heavy (non-hydrogen) atoms. The van der Waals surface area contributed by atoms with E-state index in [1.807, 2.05) is 42.5 Å². The molecule has 2 aromatic carbocycles. The van der Waals surface area contributed by atoms with E-state index in [1.54, 1.807) is 12.1 Å². The van der Waals surface area contributed by atoms with Crippen LogP contribution in [0.5, 0.6) is 0 Å². The van der Waals surface area contributed by atoms with Crippen LogP contribution in [0.1, 0.15) is 6.42 Å². The predicted molar refractivity (Wildman–Crippen MR) is 85.1 cm³/mol. The largest absolute Gasteiger partial charge is 0.373 e. The molecule has 0 aliphatic carbocycles. The number of benzene rings is 2. The Morgan fingerprint density at radius 3 is 2.33 bits per heavy atom. The summed E-state index contributed by atoms with van der Waals surface area (Å²) in [6, 6.07) is 16.0. The van der Waals surface area contributed by atoms with Crippen molar-refractivity contribution < 1.29 is 9.59 Å². The number of rotatable bonds is 3. The van der Waals surface area contributed by atoms with Crippen molar-refractivity contribution in [2.24, 2.45) is 0 Å². The van der Waals surface area contributed by atoms with Crippen LogP contribution in [0.2, 0.25) is 0 Å². The number of anilines is 2. The fourth-order valence-electron chi connectivity index (χ4n) is 2.34. The molecule has 0 spiro atoms. The van der Waals surface area contributed by atoms with Crippen LogP contribution in [0.3, 0.4) is 0 Å². The summed E-state index contributed by atoms with van der Waals surface area (Å²) in [7, 11) is 0. The Morgan fingerprint density at radius 2 is 1.67 bits per heavy atom. The van der Waals surface area contributed by atoms with Crippen molar-refractivity contribution in [3.05, 3.63) is 59.1 Å². The van der Waals surface area contributed by atoms with Gasteiger partial charge in [0.25, 0.3) is 5.91 Å². The lowest BCUT2D eigenvalue weighted by molar-refractivity contribution is -0.121. The number of carbonyl (C=O) groups is 2. The molecule has 1 heterocycles. The van der Waals surface area contributed by atoms with Gasteiger partial charge in [-0.05, 0) is 36.4 Å². The number of hydrogen-bond donors (Lipinski definition) is 1. The predicted octanol–water partition coefficient (Wildman–Crippen LogP) is 3.19. The summed E-state index contributed by atoms with van der Waals surface area (Å²) in [4.78, 5) is 25.8. The Bertz CT molecular complexity index is 670. The van der Waals surface area contributed by atoms with E-state index in [0.717, 1.165) is 10.2 Å². The average molecular weight is 345 g/mol. The van der Waals surface area contributed by atoms with Crippen LogP contribution >= 0.6 is 15.9 Å². The Balaban J connectivity index is 1.79. The average Bonchev–Trinajstić information content (AvgIpc) is 2.77. The summed E-state index contributed by atoms with van der Waals surface area (Å²) in [5.41, 5.74) is 1.44. The van der Waals surface area contributed by atoms with E-state index < -0.39 is 6.04 Å². The van der Waals surface area contributed by atoms with Crippen molar-refractivity contribution in [2.75, 3.05) is 10.2 Å². The molecule has 3 rings (SSSR count). The standard InChI is InChI=1S/C16H13BrN2O2/c17-11-6-8-12(9-7-11)18-14-10-15(20)19(16(14)21)13-4-2-1-3-5-13/h1-9,14,18H,10H2/t14-/m0/s1. The van der Waals surface area contributed by atoms with Crippen molar-refractivity contribution >= 4 is 39.1 Å². The number of para-hydroxylation sites is 1. The molecule has 106 valence electrons. The maximum atomic E-state index is 12.4. The summed E-state index contributed by atoms with van der Waals surface area (Å²) >= 11 is 3.36. The number of nitrogens with zero attached hydrogens (tertiary/aromatic N) is 1. The summed E-state index contributed by atoms with van der Waals surface area (Å²) < 4.78 is 0.966. The maximum Gasteiger partial charge on any atom is 0.256 e. The van der Waals surface area contributed by atoms with Gasteiger partial charge in [0.15, 0.2) is 0 Å². The van der Waals surface area contributed by atoms with Gasteiger partial charge in [0.05, 0.1) is 12.1 Å². The van der Waals surface area contributed by atoms with Gasteiger partial charge in [-0.25, -0.2) is 4.90 Å². The van der Waals surface area contributed by atoms with Crippen molar-refractivity contribution in [1.82, 2.24) is 0 Å². The summed E-state index contributed by atoms with van der Waals surface area (Å²) in [6.45, 7) is 0. The molecule has 2 amide bonds. The van der Waals surface area contributed by atoms with Crippen LogP contribution in [-0.2, 0) is 9.59 Å². The summed E-state index contributed by atoms with van der Waals surface area (Å²) in [5.74, 6) is -0.394. The minimum absolute atomic E-state index is 0.170. The van der Waals surface area contributed by atoms with Gasteiger partial charge < -0.3 is 5.32 Å². The van der Waals surface area contributed by atoms with Crippen LogP contribution in [0, 0.1) is 0 Å². The normalized spacial score (nSPS) is 18.1. The van der Waals surface area contributed by atoms with Gasteiger partial charge in [0.1, 0.15) is 6.04 Å². The SMILES string of the molecule is O=C1C[C@H](Nc2ccc(Br)cc2)C(=O)N1c1ccccc1. The second-order valence-electron chi connectivity index (χ2n) is 4.81. The third-order valence-electron chi connectivity index (χ3n) is 3.35. The van der Waals surface area contributed by atoms with Gasteiger partial charge in [-0.3, -0.25) is 9.59 Å². The highest BCUT2D eigenvalue weighted by Gasteiger charge is 2.39. The molecule has 5 heteroatoms. The maximum absolute atomic E-state index is 12.4. The first-order valence-corrected chi connectivity index (χ1v) is 7.38. The highest BCUT2D eigenvalue weighted by Crippen LogP contribution is 2.25. The zero-order valence-electron chi connectivity index (χ0n) is 11.1. The highest BCUT2D eigenvalue weighted by atomic mass is 79.9. The van der Waals surface area contributed by atoms with E-state index in [4.69, 9.17) is 0 Å². The molecule has 1 saturated heterocycles. The molecule has 4 nitrogen and oxygen atoms in total. The van der Waals surface area contributed by atoms with Crippen molar-refractivity contribution in [2.45, 2.75) is 12.5 Å². The fraction of sp³-hybridized carbons (Fsp3) is 0.125. The van der Waals surface area contributed by atoms with Crippen LogP contribution in [-0.4, -0.2) is 17.9 Å². The molecule has 1 fully saturated rings. The van der Waals surface area contributed by atoms with Gasteiger partial charge in [0.2, 0.25) is 5.91 Å². The molecule has 1 aliphatic heterocycles. The van der Waals surface area contributed by atoms with Crippen LogP contribution < -0.4 is 10.2 Å². The third-order valence-corrected chi connectivity index (χ3v) is 3.87. The molecule has 0 saturated carbocycles. The van der Waals surface area contributed by atoms with Crippen molar-refractivity contribution in [3.63, 3.8) is 0 Å². The second kappa shape index (κ2) is 5.69. The molecule has 0 unspecified atom stereocenters. The monoisotopic (exact) mass is 344 g/mol.